The standard InChI is InChI=1S/C61H108O6/c1-4-7-10-13-16-19-22-25-28-29-30-31-34-36-39-42-45-48-51-54-60(63)66-57-58(67-61(64)55-52-49-46-43-40-37-33-27-24-21-18-15-12-9-6-3)56-65-59(62)53-50-47-44-41-38-35-32-26-23-20-17-14-11-8-5-2/h16,18-19,21,25-28,32-33,58H,4-15,17,20,22-24,29-31,34-57H2,1-3H3/b19-16-,21-18-,28-25-,32-26-,33-27-. The van der Waals surface area contributed by atoms with E-state index in [9.17, 15) is 14.4 Å². The Kier molecular flexibility index (Phi) is 53.3. The molecular weight excluding hydrogens is 829 g/mol. The van der Waals surface area contributed by atoms with E-state index in [1.807, 2.05) is 0 Å². The summed E-state index contributed by atoms with van der Waals surface area (Å²) in [5.74, 6) is -0.900. The predicted octanol–water partition coefficient (Wildman–Crippen LogP) is 19.2. The summed E-state index contributed by atoms with van der Waals surface area (Å²) >= 11 is 0. The maximum Gasteiger partial charge on any atom is 0.306 e. The van der Waals surface area contributed by atoms with Crippen molar-refractivity contribution >= 4 is 17.9 Å². The van der Waals surface area contributed by atoms with Crippen LogP contribution in [0.4, 0.5) is 0 Å². The summed E-state index contributed by atoms with van der Waals surface area (Å²) < 4.78 is 16.9. The van der Waals surface area contributed by atoms with Crippen LogP contribution in [-0.2, 0) is 28.6 Å². The summed E-state index contributed by atoms with van der Waals surface area (Å²) in [5, 5.41) is 0. The fourth-order valence-corrected chi connectivity index (χ4v) is 8.09. The second kappa shape index (κ2) is 55.7. The lowest BCUT2D eigenvalue weighted by atomic mass is 10.1. The Morgan fingerprint density at radius 2 is 0.537 bits per heavy atom. The molecule has 67 heavy (non-hydrogen) atoms. The highest BCUT2D eigenvalue weighted by atomic mass is 16.6. The number of esters is 3. The molecule has 0 aliphatic carbocycles. The van der Waals surface area contributed by atoms with Gasteiger partial charge in [-0.2, -0.15) is 0 Å². The zero-order chi connectivity index (χ0) is 48.6. The largest absolute Gasteiger partial charge is 0.462 e. The molecule has 0 N–H and O–H groups in total. The van der Waals surface area contributed by atoms with Gasteiger partial charge in [0, 0.05) is 19.3 Å². The van der Waals surface area contributed by atoms with Crippen molar-refractivity contribution in [2.45, 2.75) is 297 Å². The molecule has 0 spiro atoms. The number of hydrogen-bond donors (Lipinski definition) is 0. The molecule has 0 heterocycles. The molecule has 388 valence electrons. The zero-order valence-corrected chi connectivity index (χ0v) is 44.4. The van der Waals surface area contributed by atoms with Crippen LogP contribution in [0.3, 0.4) is 0 Å². The van der Waals surface area contributed by atoms with Gasteiger partial charge in [0.15, 0.2) is 6.10 Å². The minimum absolute atomic E-state index is 0.0839. The van der Waals surface area contributed by atoms with E-state index in [0.717, 1.165) is 96.3 Å². The van der Waals surface area contributed by atoms with Gasteiger partial charge in [-0.05, 0) is 109 Å². The van der Waals surface area contributed by atoms with Gasteiger partial charge in [0.1, 0.15) is 13.2 Å². The van der Waals surface area contributed by atoms with E-state index in [2.05, 4.69) is 81.5 Å². The Hall–Kier alpha value is -2.89. The van der Waals surface area contributed by atoms with Gasteiger partial charge in [0.25, 0.3) is 0 Å². The maximum absolute atomic E-state index is 12.8. The summed E-state index contributed by atoms with van der Waals surface area (Å²) in [6.45, 7) is 6.58. The average Bonchev–Trinajstić information content (AvgIpc) is 3.33. The van der Waals surface area contributed by atoms with Crippen LogP contribution in [0.25, 0.3) is 0 Å². The first-order valence-electron chi connectivity index (χ1n) is 28.8. The van der Waals surface area contributed by atoms with E-state index in [4.69, 9.17) is 14.2 Å². The van der Waals surface area contributed by atoms with Crippen LogP contribution in [0, 0.1) is 0 Å². The fourth-order valence-electron chi connectivity index (χ4n) is 8.09. The van der Waals surface area contributed by atoms with Crippen molar-refractivity contribution in [3.63, 3.8) is 0 Å². The van der Waals surface area contributed by atoms with Crippen molar-refractivity contribution in [3.8, 4) is 0 Å². The van der Waals surface area contributed by atoms with Crippen LogP contribution in [0.1, 0.15) is 290 Å². The average molecular weight is 938 g/mol. The van der Waals surface area contributed by atoms with Crippen molar-refractivity contribution in [3.05, 3.63) is 60.8 Å². The molecule has 0 saturated carbocycles. The molecule has 0 aromatic heterocycles. The molecule has 6 heteroatoms. The van der Waals surface area contributed by atoms with Crippen LogP contribution in [0.5, 0.6) is 0 Å². The first-order valence-corrected chi connectivity index (χ1v) is 28.8. The molecule has 0 aliphatic rings. The Morgan fingerprint density at radius 3 is 0.866 bits per heavy atom. The molecule has 0 fully saturated rings. The Bertz CT molecular complexity index is 1210. The van der Waals surface area contributed by atoms with Crippen LogP contribution < -0.4 is 0 Å². The number of rotatable bonds is 52. The number of unbranched alkanes of at least 4 members (excludes halogenated alkanes) is 31. The van der Waals surface area contributed by atoms with Gasteiger partial charge in [0.2, 0.25) is 0 Å². The molecule has 1 atom stereocenters. The summed E-state index contributed by atoms with van der Waals surface area (Å²) in [4.78, 5) is 38.1. The fraction of sp³-hybridized carbons (Fsp3) is 0.787. The number of ether oxygens (including phenoxy) is 3. The highest BCUT2D eigenvalue weighted by Gasteiger charge is 2.19. The quantitative estimate of drug-likeness (QED) is 0.0262. The van der Waals surface area contributed by atoms with Gasteiger partial charge in [-0.25, -0.2) is 0 Å². The molecule has 0 aromatic carbocycles. The molecule has 6 nitrogen and oxygen atoms in total. The number of allylic oxidation sites excluding steroid dienone is 10. The first-order chi connectivity index (χ1) is 33.0. The summed E-state index contributed by atoms with van der Waals surface area (Å²) in [6, 6.07) is 0. The molecule has 0 aliphatic heterocycles. The van der Waals surface area contributed by atoms with Gasteiger partial charge in [-0.15, -0.1) is 0 Å². The topological polar surface area (TPSA) is 78.9 Å². The molecular formula is C61H108O6. The Labute approximate surface area is 415 Å². The van der Waals surface area contributed by atoms with E-state index in [1.165, 1.54) is 154 Å². The van der Waals surface area contributed by atoms with Gasteiger partial charge in [-0.1, -0.05) is 223 Å². The van der Waals surface area contributed by atoms with Gasteiger partial charge >= 0.3 is 17.9 Å². The highest BCUT2D eigenvalue weighted by molar-refractivity contribution is 5.71. The van der Waals surface area contributed by atoms with Gasteiger partial charge in [-0.3, -0.25) is 14.4 Å². The molecule has 0 radical (unpaired) electrons. The monoisotopic (exact) mass is 937 g/mol. The third-order valence-electron chi connectivity index (χ3n) is 12.5. The van der Waals surface area contributed by atoms with Crippen molar-refractivity contribution in [2.24, 2.45) is 0 Å². The van der Waals surface area contributed by atoms with Gasteiger partial charge < -0.3 is 14.2 Å². The summed E-state index contributed by atoms with van der Waals surface area (Å²) in [5.41, 5.74) is 0. The number of carbonyl (C=O) groups is 3. The highest BCUT2D eigenvalue weighted by Crippen LogP contribution is 2.15. The van der Waals surface area contributed by atoms with Crippen molar-refractivity contribution in [1.29, 1.82) is 0 Å². The van der Waals surface area contributed by atoms with E-state index in [0.29, 0.717) is 19.3 Å². The molecule has 0 saturated heterocycles. The Morgan fingerprint density at radius 1 is 0.299 bits per heavy atom. The molecule has 0 aromatic rings. The molecule has 0 amide bonds. The number of carbonyl (C=O) groups excluding carboxylic acids is 3. The summed E-state index contributed by atoms with van der Waals surface area (Å²) in [6.07, 6.45) is 69.2. The third kappa shape index (κ3) is 53.9. The van der Waals surface area contributed by atoms with E-state index in [-0.39, 0.29) is 31.1 Å². The third-order valence-corrected chi connectivity index (χ3v) is 12.5. The van der Waals surface area contributed by atoms with E-state index in [1.54, 1.807) is 0 Å². The van der Waals surface area contributed by atoms with Crippen LogP contribution in [0.2, 0.25) is 0 Å². The van der Waals surface area contributed by atoms with Gasteiger partial charge in [0.05, 0.1) is 0 Å². The lowest BCUT2D eigenvalue weighted by Crippen LogP contribution is -2.30. The lowest BCUT2D eigenvalue weighted by Gasteiger charge is -2.18. The minimum atomic E-state index is -0.786. The van der Waals surface area contributed by atoms with E-state index < -0.39 is 6.10 Å². The van der Waals surface area contributed by atoms with E-state index >= 15 is 0 Å². The molecule has 0 rings (SSSR count). The van der Waals surface area contributed by atoms with Crippen LogP contribution >= 0.6 is 0 Å². The second-order valence-corrected chi connectivity index (χ2v) is 19.2. The molecule has 0 bridgehead atoms. The number of hydrogen-bond acceptors (Lipinski definition) is 6. The maximum atomic E-state index is 12.8. The SMILES string of the molecule is CCCCC/C=C\C/C=C\CCCCCCCCCCCC(=O)OCC(COC(=O)CCCCCCC/C=C\CCCCCCCC)OC(=O)CCCCCCC/C=C\C/C=C\CCCCC. The summed E-state index contributed by atoms with van der Waals surface area (Å²) in [7, 11) is 0. The normalized spacial score (nSPS) is 12.5. The van der Waals surface area contributed by atoms with Crippen LogP contribution in [-0.4, -0.2) is 37.2 Å². The van der Waals surface area contributed by atoms with Crippen molar-refractivity contribution in [2.75, 3.05) is 13.2 Å². The zero-order valence-electron chi connectivity index (χ0n) is 44.4. The Balaban J connectivity index is 4.39. The minimum Gasteiger partial charge on any atom is -0.462 e. The smallest absolute Gasteiger partial charge is 0.306 e. The van der Waals surface area contributed by atoms with Crippen molar-refractivity contribution in [1.82, 2.24) is 0 Å². The lowest BCUT2D eigenvalue weighted by molar-refractivity contribution is -0.167. The first kappa shape index (κ1) is 64.1. The van der Waals surface area contributed by atoms with Crippen molar-refractivity contribution < 1.29 is 28.6 Å². The predicted molar refractivity (Wildman–Crippen MR) is 288 cm³/mol. The van der Waals surface area contributed by atoms with Crippen LogP contribution in [0.15, 0.2) is 60.8 Å². The second-order valence-electron chi connectivity index (χ2n) is 19.2. The molecule has 1 unspecified atom stereocenters.